The highest BCUT2D eigenvalue weighted by atomic mass is 35.5. The van der Waals surface area contributed by atoms with Crippen LogP contribution in [-0.4, -0.2) is 20.1 Å². The summed E-state index contributed by atoms with van der Waals surface area (Å²) in [7, 11) is -3.77. The number of aliphatic hydroxyl groups is 1. The number of nitrogens with one attached hydrogen (secondary N) is 1. The number of benzene rings is 3. The van der Waals surface area contributed by atoms with Crippen LogP contribution in [0.4, 0.5) is 0 Å². The van der Waals surface area contributed by atoms with E-state index in [1.54, 1.807) is 36.4 Å². The number of hydrogen-bond donors (Lipinski definition) is 2. The van der Waals surface area contributed by atoms with Crippen LogP contribution in [-0.2, 0) is 10.0 Å². The third-order valence-corrected chi connectivity index (χ3v) is 5.63. The quantitative estimate of drug-likeness (QED) is 0.621. The molecular weight excluding hydrogens is 386 g/mol. The molecule has 2 N–H and O–H groups in total. The van der Waals surface area contributed by atoms with Gasteiger partial charge < -0.3 is 9.84 Å². The van der Waals surface area contributed by atoms with Gasteiger partial charge in [-0.25, -0.2) is 13.1 Å². The van der Waals surface area contributed by atoms with Crippen molar-refractivity contribution in [2.45, 2.75) is 11.0 Å². The number of rotatable bonds is 7. The van der Waals surface area contributed by atoms with Gasteiger partial charge in [-0.1, -0.05) is 48.0 Å². The molecule has 0 aromatic heterocycles. The summed E-state index contributed by atoms with van der Waals surface area (Å²) in [6.07, 6.45) is -1.05. The molecule has 0 fully saturated rings. The van der Waals surface area contributed by atoms with E-state index in [4.69, 9.17) is 16.3 Å². The van der Waals surface area contributed by atoms with E-state index in [-0.39, 0.29) is 11.4 Å². The van der Waals surface area contributed by atoms with E-state index in [9.17, 15) is 13.5 Å². The summed E-state index contributed by atoms with van der Waals surface area (Å²) >= 11 is 6.02. The molecule has 0 spiro atoms. The second-order valence-corrected chi connectivity index (χ2v) is 7.95. The molecule has 0 unspecified atom stereocenters. The van der Waals surface area contributed by atoms with Gasteiger partial charge in [0.15, 0.2) is 0 Å². The minimum atomic E-state index is -3.77. The molecule has 7 heteroatoms. The molecule has 27 heavy (non-hydrogen) atoms. The first-order chi connectivity index (χ1) is 13.0. The first-order valence-corrected chi connectivity index (χ1v) is 10.1. The topological polar surface area (TPSA) is 75.6 Å². The van der Waals surface area contributed by atoms with E-state index >= 15 is 0 Å². The first-order valence-electron chi connectivity index (χ1n) is 8.21. The van der Waals surface area contributed by atoms with E-state index in [2.05, 4.69) is 4.72 Å². The van der Waals surface area contributed by atoms with Gasteiger partial charge in [0.2, 0.25) is 10.0 Å². The zero-order valence-corrected chi connectivity index (χ0v) is 15.8. The fourth-order valence-corrected chi connectivity index (χ4v) is 3.74. The van der Waals surface area contributed by atoms with Crippen molar-refractivity contribution >= 4 is 21.6 Å². The van der Waals surface area contributed by atoms with Crippen molar-refractivity contribution in [1.29, 1.82) is 0 Å². The monoisotopic (exact) mass is 403 g/mol. The van der Waals surface area contributed by atoms with Crippen molar-refractivity contribution < 1.29 is 18.3 Å². The SMILES string of the molecule is O=S(=O)(NC[C@@H](O)c1ccccc1Cl)c1ccc(Oc2ccccc2)cc1. The lowest BCUT2D eigenvalue weighted by molar-refractivity contribution is 0.182. The van der Waals surface area contributed by atoms with Gasteiger partial charge in [-0.3, -0.25) is 0 Å². The largest absolute Gasteiger partial charge is 0.457 e. The Labute approximate surface area is 163 Å². The molecule has 3 aromatic carbocycles. The van der Waals surface area contributed by atoms with Crippen molar-refractivity contribution in [1.82, 2.24) is 4.72 Å². The lowest BCUT2D eigenvalue weighted by Gasteiger charge is -2.14. The van der Waals surface area contributed by atoms with Gasteiger partial charge in [0, 0.05) is 17.1 Å². The maximum Gasteiger partial charge on any atom is 0.240 e. The molecule has 0 heterocycles. The van der Waals surface area contributed by atoms with Crippen LogP contribution in [0.15, 0.2) is 83.8 Å². The molecule has 0 radical (unpaired) electrons. The molecule has 0 saturated carbocycles. The second kappa shape index (κ2) is 8.54. The van der Waals surface area contributed by atoms with Gasteiger partial charge in [0.1, 0.15) is 11.5 Å². The van der Waals surface area contributed by atoms with Crippen LogP contribution >= 0.6 is 11.6 Å². The van der Waals surface area contributed by atoms with Crippen LogP contribution in [0.2, 0.25) is 5.02 Å². The van der Waals surface area contributed by atoms with Crippen LogP contribution in [0.1, 0.15) is 11.7 Å². The second-order valence-electron chi connectivity index (χ2n) is 5.78. The van der Waals surface area contributed by atoms with Crippen LogP contribution in [0.5, 0.6) is 11.5 Å². The predicted octanol–water partition coefficient (Wildman–Crippen LogP) is 4.14. The number of hydrogen-bond acceptors (Lipinski definition) is 4. The Balaban J connectivity index is 1.65. The number of ether oxygens (including phenoxy) is 1. The maximum absolute atomic E-state index is 12.4. The average molecular weight is 404 g/mol. The molecule has 0 aliphatic carbocycles. The third-order valence-electron chi connectivity index (χ3n) is 3.84. The van der Waals surface area contributed by atoms with Crippen LogP contribution < -0.4 is 9.46 Å². The highest BCUT2D eigenvalue weighted by Gasteiger charge is 2.18. The summed E-state index contributed by atoms with van der Waals surface area (Å²) in [6, 6.07) is 22.0. The van der Waals surface area contributed by atoms with Gasteiger partial charge in [-0.2, -0.15) is 0 Å². The highest BCUT2D eigenvalue weighted by molar-refractivity contribution is 7.89. The molecule has 0 bridgehead atoms. The zero-order valence-electron chi connectivity index (χ0n) is 14.2. The molecule has 140 valence electrons. The van der Waals surface area contributed by atoms with Crippen molar-refractivity contribution in [3.63, 3.8) is 0 Å². The number of halogens is 1. The lowest BCUT2D eigenvalue weighted by Crippen LogP contribution is -2.28. The van der Waals surface area contributed by atoms with Crippen LogP contribution in [0.25, 0.3) is 0 Å². The van der Waals surface area contributed by atoms with Crippen molar-refractivity contribution in [2.24, 2.45) is 0 Å². The van der Waals surface area contributed by atoms with Crippen molar-refractivity contribution in [2.75, 3.05) is 6.54 Å². The number of sulfonamides is 1. The summed E-state index contributed by atoms with van der Waals surface area (Å²) in [5, 5.41) is 10.6. The van der Waals surface area contributed by atoms with E-state index in [1.165, 1.54) is 12.1 Å². The van der Waals surface area contributed by atoms with E-state index in [0.29, 0.717) is 22.1 Å². The number of aliphatic hydroxyl groups excluding tert-OH is 1. The molecule has 0 amide bonds. The average Bonchev–Trinajstić information content (AvgIpc) is 2.68. The van der Waals surface area contributed by atoms with Crippen molar-refractivity contribution in [3.8, 4) is 11.5 Å². The highest BCUT2D eigenvalue weighted by Crippen LogP contribution is 2.24. The summed E-state index contributed by atoms with van der Waals surface area (Å²) < 4.78 is 32.9. The molecule has 0 aliphatic heterocycles. The van der Waals surface area contributed by atoms with Crippen LogP contribution in [0, 0.1) is 0 Å². The molecule has 0 saturated heterocycles. The molecular formula is C20H18ClNO4S. The van der Waals surface area contributed by atoms with Gasteiger partial charge in [0.25, 0.3) is 0 Å². The van der Waals surface area contributed by atoms with Gasteiger partial charge >= 0.3 is 0 Å². The maximum atomic E-state index is 12.4. The summed E-state index contributed by atoms with van der Waals surface area (Å²) in [5.41, 5.74) is 0.466. The van der Waals surface area contributed by atoms with Crippen molar-refractivity contribution in [3.05, 3.63) is 89.4 Å². The minimum Gasteiger partial charge on any atom is -0.457 e. The standard InChI is InChI=1S/C20H18ClNO4S/c21-19-9-5-4-8-18(19)20(23)14-22-27(24,25)17-12-10-16(11-13-17)26-15-6-2-1-3-7-15/h1-13,20,22-23H,14H2/t20-/m1/s1. The van der Waals surface area contributed by atoms with Gasteiger partial charge in [-0.15, -0.1) is 0 Å². The molecule has 0 aliphatic rings. The smallest absolute Gasteiger partial charge is 0.240 e. The third kappa shape index (κ3) is 5.08. The minimum absolute atomic E-state index is 0.0780. The lowest BCUT2D eigenvalue weighted by atomic mass is 10.1. The summed E-state index contributed by atoms with van der Waals surface area (Å²) in [4.78, 5) is 0.0780. The Morgan fingerprint density at radius 2 is 1.48 bits per heavy atom. The Hall–Kier alpha value is -2.38. The fraction of sp³-hybridized carbons (Fsp3) is 0.100. The van der Waals surface area contributed by atoms with Gasteiger partial charge in [0.05, 0.1) is 11.0 Å². The van der Waals surface area contributed by atoms with Gasteiger partial charge in [-0.05, 0) is 42.5 Å². The number of para-hydroxylation sites is 1. The normalized spacial score (nSPS) is 12.5. The zero-order chi connectivity index (χ0) is 19.3. The van der Waals surface area contributed by atoms with E-state index in [0.717, 1.165) is 0 Å². The Morgan fingerprint density at radius 1 is 0.889 bits per heavy atom. The fourth-order valence-electron chi connectivity index (χ4n) is 2.44. The molecule has 3 rings (SSSR count). The summed E-state index contributed by atoms with van der Waals surface area (Å²) in [5.74, 6) is 1.19. The molecule has 5 nitrogen and oxygen atoms in total. The van der Waals surface area contributed by atoms with Crippen LogP contribution in [0.3, 0.4) is 0 Å². The first kappa shape index (κ1) is 19.4. The Morgan fingerprint density at radius 3 is 2.15 bits per heavy atom. The molecule has 1 atom stereocenters. The summed E-state index contributed by atoms with van der Waals surface area (Å²) in [6.45, 7) is -0.186. The Bertz CT molecular complexity index is 992. The molecule has 3 aromatic rings. The Kier molecular flexibility index (Phi) is 6.13. The predicted molar refractivity (Wildman–Crippen MR) is 105 cm³/mol. The van der Waals surface area contributed by atoms with E-state index in [1.807, 2.05) is 30.3 Å². The van der Waals surface area contributed by atoms with E-state index < -0.39 is 16.1 Å².